The second kappa shape index (κ2) is 13.4. The molecule has 1 unspecified atom stereocenters. The number of nitrogens with one attached hydrogen (secondary N) is 2. The van der Waals surface area contributed by atoms with Gasteiger partial charge in [0.15, 0.2) is 11.5 Å². The molecule has 0 aliphatic heterocycles. The topological polar surface area (TPSA) is 173 Å². The number of hydrogen-bond donors (Lipinski definition) is 3. The molecular formula is C30H50N7O6P. The Morgan fingerprint density at radius 2 is 1.57 bits per heavy atom. The maximum absolute atomic E-state index is 14.6. The van der Waals surface area contributed by atoms with Crippen molar-refractivity contribution in [3.8, 4) is 0 Å². The SMILES string of the molecule is C[C@@H]1CC[C@H](OC(=O)C(C)(C)NP(=O)(CO[C@H](C)Cn2cnc3c(N)ncnc32)NC(C)(C)C(=O)O[C@H]2C[C@@H](C)[C@@H](C)C2)C1. The van der Waals surface area contributed by atoms with E-state index in [0.29, 0.717) is 35.5 Å². The summed E-state index contributed by atoms with van der Waals surface area (Å²) in [6.45, 7) is 15.1. The van der Waals surface area contributed by atoms with E-state index in [9.17, 15) is 14.2 Å². The first-order valence-electron chi connectivity index (χ1n) is 15.6. The lowest BCUT2D eigenvalue weighted by atomic mass is 10.0. The Hall–Kier alpha value is -2.60. The largest absolute Gasteiger partial charge is 0.461 e. The van der Waals surface area contributed by atoms with Gasteiger partial charge in [-0.2, -0.15) is 0 Å². The second-order valence-corrected chi connectivity index (χ2v) is 16.2. The Bertz CT molecular complexity index is 1370. The Kier molecular flexibility index (Phi) is 10.4. The summed E-state index contributed by atoms with van der Waals surface area (Å²) in [6.07, 6.45) is 6.00. The van der Waals surface area contributed by atoms with Gasteiger partial charge >= 0.3 is 11.9 Å². The second-order valence-electron chi connectivity index (χ2n) is 14.0. The monoisotopic (exact) mass is 635 g/mol. The van der Waals surface area contributed by atoms with Crippen LogP contribution in [-0.2, 0) is 34.9 Å². The number of esters is 2. The number of carbonyl (C=O) groups is 2. The van der Waals surface area contributed by atoms with Crippen molar-refractivity contribution in [2.24, 2.45) is 17.8 Å². The van der Waals surface area contributed by atoms with E-state index >= 15 is 0 Å². The Morgan fingerprint density at radius 3 is 2.14 bits per heavy atom. The van der Waals surface area contributed by atoms with Crippen LogP contribution in [0.4, 0.5) is 5.82 Å². The zero-order valence-electron chi connectivity index (χ0n) is 27.3. The molecule has 4 N–H and O–H groups in total. The summed E-state index contributed by atoms with van der Waals surface area (Å²) >= 11 is 0. The van der Waals surface area contributed by atoms with E-state index in [-0.39, 0.29) is 24.4 Å². The number of nitrogens with zero attached hydrogens (tertiary/aromatic N) is 4. The molecule has 13 nitrogen and oxygen atoms in total. The van der Waals surface area contributed by atoms with E-state index in [4.69, 9.17) is 19.9 Å². The van der Waals surface area contributed by atoms with Crippen LogP contribution < -0.4 is 15.9 Å². The predicted octanol–water partition coefficient (Wildman–Crippen LogP) is 4.41. The number of rotatable bonds is 13. The highest BCUT2D eigenvalue weighted by Crippen LogP contribution is 2.43. The molecule has 0 saturated heterocycles. The smallest absolute Gasteiger partial charge is 0.326 e. The van der Waals surface area contributed by atoms with Crippen molar-refractivity contribution in [3.05, 3.63) is 12.7 Å². The highest BCUT2D eigenvalue weighted by Gasteiger charge is 2.45. The molecule has 2 saturated carbocycles. The van der Waals surface area contributed by atoms with Gasteiger partial charge in [-0.3, -0.25) is 14.2 Å². The molecule has 0 bridgehead atoms. The van der Waals surface area contributed by atoms with Crippen LogP contribution in [0.25, 0.3) is 11.2 Å². The number of imidazole rings is 1. The highest BCUT2D eigenvalue weighted by atomic mass is 31.2. The molecule has 2 fully saturated rings. The normalized spacial score (nSPS) is 26.4. The maximum atomic E-state index is 14.6. The average molecular weight is 636 g/mol. The average Bonchev–Trinajstić information content (AvgIpc) is 3.61. The minimum Gasteiger partial charge on any atom is -0.461 e. The summed E-state index contributed by atoms with van der Waals surface area (Å²) in [5.74, 6) is 0.648. The number of anilines is 1. The molecule has 0 amide bonds. The van der Waals surface area contributed by atoms with Crippen LogP contribution in [0.5, 0.6) is 0 Å². The zero-order valence-corrected chi connectivity index (χ0v) is 28.2. The molecule has 2 heterocycles. The zero-order chi connectivity index (χ0) is 32.4. The van der Waals surface area contributed by atoms with Crippen LogP contribution in [0, 0.1) is 17.8 Å². The molecule has 2 aromatic rings. The number of nitrogen functional groups attached to an aromatic ring is 1. The molecule has 0 aromatic carbocycles. The van der Waals surface area contributed by atoms with Crippen LogP contribution >= 0.6 is 7.44 Å². The van der Waals surface area contributed by atoms with Gasteiger partial charge in [0.2, 0.25) is 7.44 Å². The van der Waals surface area contributed by atoms with Gasteiger partial charge in [-0.05, 0) is 84.5 Å². The molecule has 4 rings (SSSR count). The van der Waals surface area contributed by atoms with E-state index in [2.05, 4.69) is 45.9 Å². The fourth-order valence-electron chi connectivity index (χ4n) is 6.03. The highest BCUT2D eigenvalue weighted by molar-refractivity contribution is 7.59. The number of fused-ring (bicyclic) bond motifs is 1. The van der Waals surface area contributed by atoms with Gasteiger partial charge in [-0.15, -0.1) is 0 Å². The lowest BCUT2D eigenvalue weighted by Gasteiger charge is -2.36. The van der Waals surface area contributed by atoms with Crippen molar-refractivity contribution in [3.63, 3.8) is 0 Å². The van der Waals surface area contributed by atoms with Gasteiger partial charge in [-0.1, -0.05) is 20.8 Å². The molecule has 7 atom stereocenters. The standard InChI is InChI=1S/C30H50N7O6P/c1-18-9-10-22(11-18)42-27(38)29(5,6)35-44(40,36-30(7,8)28(39)43-23-12-19(2)20(3)13-23)17-41-21(4)14-37-16-34-24-25(31)32-15-33-26(24)37/h15-16,18-23H,9-14,17H2,1-8H3,(H2,31,32,33)(H2,35,36,40)/t18-,19-,20+,21-,22+,23+,44?/m1/s1. The quantitative estimate of drug-likeness (QED) is 0.209. The molecule has 2 aromatic heterocycles. The third-order valence-electron chi connectivity index (χ3n) is 8.80. The van der Waals surface area contributed by atoms with Gasteiger partial charge < -0.3 is 24.5 Å². The molecule has 0 spiro atoms. The van der Waals surface area contributed by atoms with Gasteiger partial charge in [0.1, 0.15) is 41.5 Å². The van der Waals surface area contributed by atoms with Crippen LogP contribution in [0.1, 0.15) is 87.5 Å². The molecule has 2 aliphatic rings. The molecule has 14 heteroatoms. The van der Waals surface area contributed by atoms with E-state index in [1.807, 2.05) is 6.92 Å². The first kappa shape index (κ1) is 34.3. The van der Waals surface area contributed by atoms with Gasteiger partial charge in [0.25, 0.3) is 0 Å². The summed E-state index contributed by atoms with van der Waals surface area (Å²) in [5.41, 5.74) is 4.27. The van der Waals surface area contributed by atoms with Crippen molar-refractivity contribution >= 4 is 36.4 Å². The van der Waals surface area contributed by atoms with Crippen molar-refractivity contribution < 1.29 is 28.4 Å². The molecule has 44 heavy (non-hydrogen) atoms. The lowest BCUT2D eigenvalue weighted by Crippen LogP contribution is -2.54. The molecule has 2 aliphatic carbocycles. The first-order chi connectivity index (χ1) is 20.5. The number of nitrogens with two attached hydrogens (primary N) is 1. The van der Waals surface area contributed by atoms with Crippen LogP contribution in [-0.4, -0.2) is 67.2 Å². The third-order valence-corrected chi connectivity index (χ3v) is 11.2. The van der Waals surface area contributed by atoms with Crippen molar-refractivity contribution in [1.82, 2.24) is 29.7 Å². The number of carbonyl (C=O) groups excluding carboxylic acids is 2. The Labute approximate surface area is 260 Å². The van der Waals surface area contributed by atoms with Crippen LogP contribution in [0.2, 0.25) is 0 Å². The van der Waals surface area contributed by atoms with E-state index in [1.54, 1.807) is 38.6 Å². The maximum Gasteiger partial charge on any atom is 0.326 e. The van der Waals surface area contributed by atoms with Gasteiger partial charge in [0.05, 0.1) is 19.0 Å². The van der Waals surface area contributed by atoms with Crippen LogP contribution in [0.15, 0.2) is 12.7 Å². The van der Waals surface area contributed by atoms with Crippen molar-refractivity contribution in [1.29, 1.82) is 0 Å². The molecule has 246 valence electrons. The number of ether oxygens (including phenoxy) is 3. The summed E-state index contributed by atoms with van der Waals surface area (Å²) < 4.78 is 34.2. The number of hydrogen-bond acceptors (Lipinski definition) is 10. The number of aromatic nitrogens is 4. The third kappa shape index (κ3) is 8.35. The summed E-state index contributed by atoms with van der Waals surface area (Å²) in [4.78, 5) is 39.2. The fraction of sp³-hybridized carbons (Fsp3) is 0.767. The minimum atomic E-state index is -3.79. The minimum absolute atomic E-state index is 0.173. The predicted molar refractivity (Wildman–Crippen MR) is 168 cm³/mol. The van der Waals surface area contributed by atoms with E-state index < -0.39 is 36.6 Å². The Morgan fingerprint density at radius 1 is 0.977 bits per heavy atom. The first-order valence-corrected chi connectivity index (χ1v) is 17.5. The van der Waals surface area contributed by atoms with Crippen molar-refractivity contribution in [2.45, 2.75) is 123 Å². The molecular weight excluding hydrogens is 585 g/mol. The van der Waals surface area contributed by atoms with Gasteiger partial charge in [0, 0.05) is 0 Å². The fourth-order valence-corrected chi connectivity index (χ4v) is 8.66. The van der Waals surface area contributed by atoms with Gasteiger partial charge in [-0.25, -0.2) is 25.1 Å². The lowest BCUT2D eigenvalue weighted by molar-refractivity contribution is -0.155. The van der Waals surface area contributed by atoms with E-state index in [0.717, 1.165) is 32.1 Å². The van der Waals surface area contributed by atoms with Crippen molar-refractivity contribution in [2.75, 3.05) is 12.1 Å². The Balaban J connectivity index is 1.48. The summed E-state index contributed by atoms with van der Waals surface area (Å²) in [5, 5.41) is 6.02. The molecule has 0 radical (unpaired) electrons. The van der Waals surface area contributed by atoms with E-state index in [1.165, 1.54) is 6.33 Å². The van der Waals surface area contributed by atoms with Crippen LogP contribution in [0.3, 0.4) is 0 Å². The summed E-state index contributed by atoms with van der Waals surface area (Å²) in [6, 6.07) is 0. The summed E-state index contributed by atoms with van der Waals surface area (Å²) in [7, 11) is -3.79.